The number of anilines is 2. The first-order valence-electron chi connectivity index (χ1n) is 12.5. The number of nitrogens with one attached hydrogen (secondary N) is 1. The average Bonchev–Trinajstić information content (AvgIpc) is 3.44. The second-order valence-electron chi connectivity index (χ2n) is 10.0. The lowest BCUT2D eigenvalue weighted by Crippen LogP contribution is -2.63. The van der Waals surface area contributed by atoms with E-state index in [0.29, 0.717) is 48.5 Å². The van der Waals surface area contributed by atoms with E-state index in [1.54, 1.807) is 12.1 Å². The SMILES string of the molecule is O=C(N1C[C@H]2C[C@@H](C1)[C@H]2Oc1cc2c(Nc3ccc(Cl)c(Cl)c3F)ncnc2cc1O[C@@H]1CCOC1)C(F)(F)F. The minimum absolute atomic E-state index is 0.0447. The Morgan fingerprint density at radius 1 is 1.10 bits per heavy atom. The zero-order valence-corrected chi connectivity index (χ0v) is 22.2. The highest BCUT2D eigenvalue weighted by Gasteiger charge is 2.53. The molecule has 2 bridgehead atoms. The molecular formula is C26H22Cl2F4N4O4. The molecule has 3 saturated heterocycles. The molecule has 1 N–H and O–H groups in total. The van der Waals surface area contributed by atoms with E-state index in [1.165, 1.54) is 18.5 Å². The van der Waals surface area contributed by atoms with Crippen molar-refractivity contribution >= 4 is 51.5 Å². The second kappa shape index (κ2) is 10.4. The van der Waals surface area contributed by atoms with Crippen molar-refractivity contribution in [3.05, 3.63) is 46.5 Å². The van der Waals surface area contributed by atoms with Crippen LogP contribution >= 0.6 is 23.2 Å². The molecular weight excluding hydrogens is 579 g/mol. The fraction of sp³-hybridized carbons (Fsp3) is 0.423. The summed E-state index contributed by atoms with van der Waals surface area (Å²) in [7, 11) is 0. The van der Waals surface area contributed by atoms with Crippen LogP contribution in [0, 0.1) is 17.7 Å². The molecule has 4 aliphatic rings. The number of halogens is 6. The molecule has 0 spiro atoms. The fourth-order valence-electron chi connectivity index (χ4n) is 5.41. The van der Waals surface area contributed by atoms with Gasteiger partial charge in [-0.3, -0.25) is 4.79 Å². The first-order chi connectivity index (χ1) is 19.1. The summed E-state index contributed by atoms with van der Waals surface area (Å²) in [6.45, 7) is 0.849. The molecule has 4 fully saturated rings. The van der Waals surface area contributed by atoms with Crippen LogP contribution in [0.1, 0.15) is 12.8 Å². The number of ether oxygens (including phenoxy) is 3. The number of hydrogen-bond acceptors (Lipinski definition) is 7. The number of nitrogens with zero attached hydrogens (tertiary/aromatic N) is 3. The lowest BCUT2D eigenvalue weighted by Gasteiger charge is -2.52. The standard InChI is InChI=1S/C26H22Cl2F4N4O4/c27-16-1-2-17(22(29)21(16)28)35-24-15-6-19(20(7-18(15)33-11-34-24)39-14-3-4-38-10-14)40-23-12-5-13(23)9-36(8-12)25(37)26(30,31)32/h1-2,6-7,11-14,23H,3-5,8-10H2,(H,33,34,35)/t12-,13+,14-,23+/m1/s1. The van der Waals surface area contributed by atoms with E-state index in [0.717, 1.165) is 4.90 Å². The Kier molecular flexibility index (Phi) is 7.04. The van der Waals surface area contributed by atoms with Crippen molar-refractivity contribution in [2.24, 2.45) is 11.8 Å². The Morgan fingerprint density at radius 2 is 1.85 bits per heavy atom. The molecule has 3 aromatic rings. The largest absolute Gasteiger partial charge is 0.486 e. The van der Waals surface area contributed by atoms with Crippen LogP contribution in [0.15, 0.2) is 30.6 Å². The lowest BCUT2D eigenvalue weighted by atomic mass is 9.68. The smallest absolute Gasteiger partial charge is 0.471 e. The van der Waals surface area contributed by atoms with Gasteiger partial charge in [0.05, 0.1) is 34.5 Å². The van der Waals surface area contributed by atoms with Gasteiger partial charge in [0.2, 0.25) is 0 Å². The van der Waals surface area contributed by atoms with Crippen LogP contribution in [0.4, 0.5) is 29.1 Å². The third-order valence-corrected chi connectivity index (χ3v) is 8.19. The normalized spacial score (nSPS) is 24.1. The molecule has 2 aromatic carbocycles. The Balaban J connectivity index is 1.31. The van der Waals surface area contributed by atoms with Gasteiger partial charge >= 0.3 is 12.1 Å². The summed E-state index contributed by atoms with van der Waals surface area (Å²) in [5.74, 6) is -2.13. The lowest BCUT2D eigenvalue weighted by molar-refractivity contribution is -0.196. The molecule has 4 atom stereocenters. The van der Waals surface area contributed by atoms with Gasteiger partial charge in [-0.15, -0.1) is 0 Å². The predicted molar refractivity (Wildman–Crippen MR) is 138 cm³/mol. The molecule has 1 aromatic heterocycles. The summed E-state index contributed by atoms with van der Waals surface area (Å²) in [5, 5.41) is 3.23. The van der Waals surface area contributed by atoms with E-state index in [4.69, 9.17) is 37.4 Å². The maximum absolute atomic E-state index is 14.8. The maximum Gasteiger partial charge on any atom is 0.471 e. The molecule has 3 aliphatic heterocycles. The van der Waals surface area contributed by atoms with Gasteiger partial charge in [0.1, 0.15) is 24.4 Å². The predicted octanol–water partition coefficient (Wildman–Crippen LogP) is 5.78. The minimum Gasteiger partial charge on any atom is -0.486 e. The van der Waals surface area contributed by atoms with Crippen LogP contribution in [0.5, 0.6) is 11.5 Å². The topological polar surface area (TPSA) is 85.8 Å². The highest BCUT2D eigenvalue weighted by atomic mass is 35.5. The average molecular weight is 601 g/mol. The quantitative estimate of drug-likeness (QED) is 0.284. The summed E-state index contributed by atoms with van der Waals surface area (Å²) in [5.41, 5.74) is 0.526. The van der Waals surface area contributed by atoms with E-state index in [9.17, 15) is 22.4 Å². The Hall–Kier alpha value is -3.09. The molecule has 0 unspecified atom stereocenters. The van der Waals surface area contributed by atoms with E-state index in [2.05, 4.69) is 15.3 Å². The molecule has 40 heavy (non-hydrogen) atoms. The van der Waals surface area contributed by atoms with Crippen LogP contribution in [0.25, 0.3) is 10.9 Å². The highest BCUT2D eigenvalue weighted by Crippen LogP contribution is 2.46. The second-order valence-corrected chi connectivity index (χ2v) is 10.8. The van der Waals surface area contributed by atoms with E-state index in [-0.39, 0.29) is 52.6 Å². The molecule has 212 valence electrons. The van der Waals surface area contributed by atoms with Gasteiger partial charge in [0.25, 0.3) is 0 Å². The number of carbonyl (C=O) groups is 1. The number of aromatic nitrogens is 2. The Morgan fingerprint density at radius 3 is 2.55 bits per heavy atom. The third-order valence-electron chi connectivity index (χ3n) is 7.41. The number of hydrogen-bond donors (Lipinski definition) is 1. The molecule has 1 aliphatic carbocycles. The molecule has 1 amide bonds. The summed E-state index contributed by atoms with van der Waals surface area (Å²) < 4.78 is 71.6. The summed E-state index contributed by atoms with van der Waals surface area (Å²) >= 11 is 11.9. The van der Waals surface area contributed by atoms with E-state index in [1.807, 2.05) is 0 Å². The van der Waals surface area contributed by atoms with E-state index >= 15 is 0 Å². The molecule has 0 radical (unpaired) electrons. The molecule has 4 heterocycles. The van der Waals surface area contributed by atoms with Crippen molar-refractivity contribution in [2.45, 2.75) is 31.2 Å². The van der Waals surface area contributed by atoms with Gasteiger partial charge < -0.3 is 24.4 Å². The number of amides is 1. The Bertz CT molecular complexity index is 1460. The van der Waals surface area contributed by atoms with Crippen LogP contribution in [0.3, 0.4) is 0 Å². The van der Waals surface area contributed by atoms with Crippen LogP contribution in [-0.2, 0) is 9.53 Å². The number of carbonyl (C=O) groups excluding carboxylic acids is 1. The first kappa shape index (κ1) is 27.1. The van der Waals surface area contributed by atoms with Gasteiger partial charge in [-0.25, -0.2) is 14.4 Å². The van der Waals surface area contributed by atoms with Crippen molar-refractivity contribution < 1.29 is 36.6 Å². The number of alkyl halides is 3. The fourth-order valence-corrected chi connectivity index (χ4v) is 5.72. The molecule has 8 nitrogen and oxygen atoms in total. The zero-order chi connectivity index (χ0) is 28.2. The minimum atomic E-state index is -4.92. The monoisotopic (exact) mass is 600 g/mol. The maximum atomic E-state index is 14.8. The van der Waals surface area contributed by atoms with Crippen LogP contribution in [0.2, 0.25) is 10.0 Å². The summed E-state index contributed by atoms with van der Waals surface area (Å²) in [4.78, 5) is 21.2. The van der Waals surface area contributed by atoms with Gasteiger partial charge in [-0.1, -0.05) is 23.2 Å². The van der Waals surface area contributed by atoms with Crippen molar-refractivity contribution in [1.29, 1.82) is 0 Å². The summed E-state index contributed by atoms with van der Waals surface area (Å²) in [6, 6.07) is 6.21. The van der Waals surface area contributed by atoms with Crippen molar-refractivity contribution in [3.8, 4) is 11.5 Å². The van der Waals surface area contributed by atoms with Gasteiger partial charge in [-0.05, 0) is 24.6 Å². The molecule has 7 rings (SSSR count). The number of benzene rings is 2. The van der Waals surface area contributed by atoms with Crippen LogP contribution < -0.4 is 14.8 Å². The van der Waals surface area contributed by atoms with Crippen molar-refractivity contribution in [1.82, 2.24) is 14.9 Å². The number of fused-ring (bicyclic) bond motifs is 3. The van der Waals surface area contributed by atoms with Gasteiger partial charge in [0.15, 0.2) is 17.3 Å². The van der Waals surface area contributed by atoms with Gasteiger partial charge in [0, 0.05) is 42.8 Å². The number of rotatable bonds is 6. The van der Waals surface area contributed by atoms with Crippen molar-refractivity contribution in [2.75, 3.05) is 31.6 Å². The van der Waals surface area contributed by atoms with Crippen LogP contribution in [-0.4, -0.2) is 65.5 Å². The highest BCUT2D eigenvalue weighted by molar-refractivity contribution is 6.42. The third kappa shape index (κ3) is 5.08. The zero-order valence-electron chi connectivity index (χ0n) is 20.7. The number of piperidine rings is 2. The molecule has 14 heteroatoms. The van der Waals surface area contributed by atoms with Gasteiger partial charge in [-0.2, -0.15) is 13.2 Å². The first-order valence-corrected chi connectivity index (χ1v) is 13.3. The molecule has 1 saturated carbocycles. The Labute approximate surface area is 235 Å². The summed E-state index contributed by atoms with van der Waals surface area (Å²) in [6.07, 6.45) is -2.91. The van der Waals surface area contributed by atoms with E-state index < -0.39 is 24.0 Å². The van der Waals surface area contributed by atoms with Crippen molar-refractivity contribution in [3.63, 3.8) is 0 Å².